The van der Waals surface area contributed by atoms with Gasteiger partial charge in [0.2, 0.25) is 0 Å². The van der Waals surface area contributed by atoms with Gasteiger partial charge in [0, 0.05) is 34.4 Å². The fourth-order valence-electron chi connectivity index (χ4n) is 3.54. The average Bonchev–Trinajstić information content (AvgIpc) is 2.89. The van der Waals surface area contributed by atoms with Crippen molar-refractivity contribution in [3.63, 3.8) is 0 Å². The molecular formula is C22H22N2. The van der Waals surface area contributed by atoms with E-state index < -0.39 is 0 Å². The van der Waals surface area contributed by atoms with Gasteiger partial charge in [0.1, 0.15) is 0 Å². The van der Waals surface area contributed by atoms with E-state index in [1.165, 1.54) is 32.9 Å². The molecule has 24 heavy (non-hydrogen) atoms. The fourth-order valence-corrected chi connectivity index (χ4v) is 3.54. The van der Waals surface area contributed by atoms with Crippen LogP contribution in [-0.4, -0.2) is 10.6 Å². The van der Waals surface area contributed by atoms with E-state index in [1.54, 1.807) is 0 Å². The van der Waals surface area contributed by atoms with Crippen molar-refractivity contribution >= 4 is 21.8 Å². The lowest BCUT2D eigenvalue weighted by Gasteiger charge is -2.09. The van der Waals surface area contributed by atoms with E-state index >= 15 is 0 Å². The summed E-state index contributed by atoms with van der Waals surface area (Å²) in [5, 5.41) is 2.63. The molecule has 1 atom stereocenters. The summed E-state index contributed by atoms with van der Waals surface area (Å²) in [4.78, 5) is 0. The molecule has 4 aromatic rings. The summed E-state index contributed by atoms with van der Waals surface area (Å²) in [5.41, 5.74) is 11.2. The number of nitrogens with two attached hydrogens (primary N) is 1. The summed E-state index contributed by atoms with van der Waals surface area (Å²) in [7, 11) is 0. The molecule has 0 bridgehead atoms. The first-order chi connectivity index (χ1) is 11.7. The first kappa shape index (κ1) is 15.0. The monoisotopic (exact) mass is 314 g/mol. The molecule has 2 nitrogen and oxygen atoms in total. The van der Waals surface area contributed by atoms with Crippen molar-refractivity contribution in [1.29, 1.82) is 0 Å². The zero-order chi connectivity index (χ0) is 16.5. The minimum atomic E-state index is 0.181. The number of fused-ring (bicyclic) bond motifs is 3. The average molecular weight is 314 g/mol. The highest BCUT2D eigenvalue weighted by molar-refractivity contribution is 6.08. The van der Waals surface area contributed by atoms with Crippen LogP contribution in [0.1, 0.15) is 18.1 Å². The van der Waals surface area contributed by atoms with Crippen molar-refractivity contribution in [1.82, 2.24) is 4.57 Å². The number of para-hydroxylation sites is 1. The number of hydrogen-bond acceptors (Lipinski definition) is 1. The Kier molecular flexibility index (Phi) is 3.83. The molecule has 0 aliphatic carbocycles. The van der Waals surface area contributed by atoms with E-state index in [-0.39, 0.29) is 6.04 Å². The normalized spacial score (nSPS) is 12.8. The maximum absolute atomic E-state index is 5.98. The maximum Gasteiger partial charge on any atom is 0.0494 e. The largest absolute Gasteiger partial charge is 0.336 e. The molecule has 1 heterocycles. The van der Waals surface area contributed by atoms with Gasteiger partial charge >= 0.3 is 0 Å². The Labute approximate surface area is 142 Å². The van der Waals surface area contributed by atoms with Gasteiger partial charge in [0.05, 0.1) is 0 Å². The highest BCUT2D eigenvalue weighted by Crippen LogP contribution is 2.30. The Hall–Kier alpha value is -2.58. The van der Waals surface area contributed by atoms with Crippen molar-refractivity contribution in [3.05, 3.63) is 83.9 Å². The predicted molar refractivity (Wildman–Crippen MR) is 102 cm³/mol. The summed E-state index contributed by atoms with van der Waals surface area (Å²) in [6.07, 6.45) is 0.911. The highest BCUT2D eigenvalue weighted by atomic mass is 15.0. The van der Waals surface area contributed by atoms with Crippen LogP contribution in [0, 0.1) is 0 Å². The molecule has 4 rings (SSSR count). The molecule has 2 N–H and O–H groups in total. The second-order valence-electron chi connectivity index (χ2n) is 6.62. The van der Waals surface area contributed by atoms with Crippen molar-refractivity contribution in [2.45, 2.75) is 25.9 Å². The van der Waals surface area contributed by atoms with E-state index in [1.807, 2.05) is 0 Å². The second kappa shape index (κ2) is 6.14. The number of hydrogen-bond donors (Lipinski definition) is 1. The van der Waals surface area contributed by atoms with E-state index in [4.69, 9.17) is 5.73 Å². The zero-order valence-corrected chi connectivity index (χ0v) is 13.9. The molecule has 0 radical (unpaired) electrons. The summed E-state index contributed by atoms with van der Waals surface area (Å²) < 4.78 is 2.41. The number of aromatic nitrogens is 1. The molecule has 1 aromatic heterocycles. The molecule has 0 aliphatic heterocycles. The molecule has 0 aliphatic rings. The Morgan fingerprint density at radius 3 is 2.29 bits per heavy atom. The Bertz CT molecular complexity index is 981. The quantitative estimate of drug-likeness (QED) is 0.580. The van der Waals surface area contributed by atoms with Gasteiger partial charge in [-0.25, -0.2) is 0 Å². The molecule has 0 spiro atoms. The molecule has 2 heteroatoms. The van der Waals surface area contributed by atoms with Crippen molar-refractivity contribution in [3.8, 4) is 0 Å². The molecular weight excluding hydrogens is 292 g/mol. The smallest absolute Gasteiger partial charge is 0.0494 e. The van der Waals surface area contributed by atoms with E-state index in [2.05, 4.69) is 84.3 Å². The van der Waals surface area contributed by atoms with Gasteiger partial charge in [-0.05, 0) is 42.7 Å². The zero-order valence-electron chi connectivity index (χ0n) is 13.9. The van der Waals surface area contributed by atoms with E-state index in [9.17, 15) is 0 Å². The van der Waals surface area contributed by atoms with Gasteiger partial charge in [-0.3, -0.25) is 0 Å². The predicted octanol–water partition coefficient (Wildman–Crippen LogP) is 4.73. The second-order valence-corrected chi connectivity index (χ2v) is 6.62. The Morgan fingerprint density at radius 1 is 0.792 bits per heavy atom. The number of nitrogens with zero attached hydrogens (tertiary/aromatic N) is 1. The fraction of sp³-hybridized carbons (Fsp3) is 0.182. The summed E-state index contributed by atoms with van der Waals surface area (Å²) in [6.45, 7) is 2.94. The van der Waals surface area contributed by atoms with Gasteiger partial charge < -0.3 is 10.3 Å². The van der Waals surface area contributed by atoms with Gasteiger partial charge in [-0.2, -0.15) is 0 Å². The van der Waals surface area contributed by atoms with Crippen LogP contribution < -0.4 is 5.73 Å². The van der Waals surface area contributed by atoms with E-state index in [0.29, 0.717) is 0 Å². The molecule has 0 fully saturated rings. The first-order valence-electron chi connectivity index (χ1n) is 8.52. The molecule has 3 aromatic carbocycles. The molecule has 0 saturated carbocycles. The molecule has 120 valence electrons. The van der Waals surface area contributed by atoms with Crippen molar-refractivity contribution < 1.29 is 0 Å². The standard InChI is InChI=1S/C22H22N2/c1-16(23)13-18-11-12-22-20(14-18)19-9-5-6-10-21(19)24(22)15-17-7-3-2-4-8-17/h2-12,14,16H,13,15,23H2,1H3. The highest BCUT2D eigenvalue weighted by Gasteiger charge is 2.11. The summed E-state index contributed by atoms with van der Waals surface area (Å²) >= 11 is 0. The van der Waals surface area contributed by atoms with Gasteiger partial charge in [-0.1, -0.05) is 54.6 Å². The first-order valence-corrected chi connectivity index (χ1v) is 8.52. The summed E-state index contributed by atoms with van der Waals surface area (Å²) in [5.74, 6) is 0. The van der Waals surface area contributed by atoms with Crippen LogP contribution in [0.3, 0.4) is 0 Å². The van der Waals surface area contributed by atoms with Gasteiger partial charge in [-0.15, -0.1) is 0 Å². The molecule has 0 saturated heterocycles. The number of rotatable bonds is 4. The van der Waals surface area contributed by atoms with Crippen LogP contribution in [0.2, 0.25) is 0 Å². The van der Waals surface area contributed by atoms with E-state index in [0.717, 1.165) is 13.0 Å². The van der Waals surface area contributed by atoms with Crippen LogP contribution in [0.25, 0.3) is 21.8 Å². The Balaban J connectivity index is 1.91. The minimum Gasteiger partial charge on any atom is -0.336 e. The SMILES string of the molecule is CC(N)Cc1ccc2c(c1)c1ccccc1n2Cc1ccccc1. The van der Waals surface area contributed by atoms with Gasteiger partial charge in [0.15, 0.2) is 0 Å². The van der Waals surface area contributed by atoms with Crippen LogP contribution >= 0.6 is 0 Å². The van der Waals surface area contributed by atoms with Crippen LogP contribution in [-0.2, 0) is 13.0 Å². The molecule has 1 unspecified atom stereocenters. The Morgan fingerprint density at radius 2 is 1.50 bits per heavy atom. The third-order valence-electron chi connectivity index (χ3n) is 4.58. The molecule has 0 amide bonds. The minimum absolute atomic E-state index is 0.181. The third-order valence-corrected chi connectivity index (χ3v) is 4.58. The van der Waals surface area contributed by atoms with Crippen molar-refractivity contribution in [2.24, 2.45) is 5.73 Å². The third kappa shape index (κ3) is 2.70. The van der Waals surface area contributed by atoms with Crippen LogP contribution in [0.15, 0.2) is 72.8 Å². The van der Waals surface area contributed by atoms with Crippen LogP contribution in [0.5, 0.6) is 0 Å². The summed E-state index contributed by atoms with van der Waals surface area (Å²) in [6, 6.07) is 26.3. The topological polar surface area (TPSA) is 30.9 Å². The number of benzene rings is 3. The lowest BCUT2D eigenvalue weighted by atomic mass is 10.0. The van der Waals surface area contributed by atoms with Gasteiger partial charge in [0.25, 0.3) is 0 Å². The maximum atomic E-state index is 5.98. The lowest BCUT2D eigenvalue weighted by Crippen LogP contribution is -2.17. The lowest BCUT2D eigenvalue weighted by molar-refractivity contribution is 0.738. The van der Waals surface area contributed by atoms with Crippen molar-refractivity contribution in [2.75, 3.05) is 0 Å². The van der Waals surface area contributed by atoms with Crippen LogP contribution in [0.4, 0.5) is 0 Å².